The molecule has 18 heavy (non-hydrogen) atoms. The van der Waals surface area contributed by atoms with E-state index in [2.05, 4.69) is 63.1 Å². The van der Waals surface area contributed by atoms with E-state index in [0.717, 1.165) is 0 Å². The number of rotatable bonds is 4. The first-order valence-corrected chi connectivity index (χ1v) is 11.2. The van der Waals surface area contributed by atoms with Gasteiger partial charge in [0, 0.05) is 0 Å². The van der Waals surface area contributed by atoms with Crippen LogP contribution in [-0.2, 0) is 12.3 Å². The summed E-state index contributed by atoms with van der Waals surface area (Å²) in [5.74, 6) is 0. The number of hydrogen-bond acceptors (Lipinski definition) is 0. The van der Waals surface area contributed by atoms with E-state index in [9.17, 15) is 0 Å². The molecule has 0 aromatic heterocycles. The first-order valence-electron chi connectivity index (χ1n) is 6.35. The zero-order valence-electron chi connectivity index (χ0n) is 11.8. The predicted molar refractivity (Wildman–Crippen MR) is 88.9 cm³/mol. The van der Waals surface area contributed by atoms with Crippen molar-refractivity contribution in [1.29, 1.82) is 0 Å². The van der Waals surface area contributed by atoms with Crippen molar-refractivity contribution in [1.82, 2.24) is 0 Å². The van der Waals surface area contributed by atoms with E-state index < -0.39 is 0 Å². The minimum atomic E-state index is 0.153. The summed E-state index contributed by atoms with van der Waals surface area (Å²) in [6, 6.07) is 13.9. The minimum Gasteiger partial charge on any atom is -0.109 e. The lowest BCUT2D eigenvalue weighted by molar-refractivity contribution is 1.39. The monoisotopic (exact) mass is 276 g/mol. The zero-order valence-corrected chi connectivity index (χ0v) is 13.6. The SMILES string of the molecule is CP(C)Cc1ccc2cc(CP(C)C)ccc2c1. The Balaban J connectivity index is 2.30. The lowest BCUT2D eigenvalue weighted by Crippen LogP contribution is -1.86. The quantitative estimate of drug-likeness (QED) is 0.663. The van der Waals surface area contributed by atoms with Crippen molar-refractivity contribution < 1.29 is 0 Å². The summed E-state index contributed by atoms with van der Waals surface area (Å²) in [6.07, 6.45) is 2.48. The van der Waals surface area contributed by atoms with Gasteiger partial charge in [0.25, 0.3) is 0 Å². The highest BCUT2D eigenvalue weighted by molar-refractivity contribution is 7.55. The van der Waals surface area contributed by atoms with Crippen LogP contribution in [0.2, 0.25) is 0 Å². The summed E-state index contributed by atoms with van der Waals surface area (Å²) < 4.78 is 0. The molecule has 0 aliphatic carbocycles. The van der Waals surface area contributed by atoms with Crippen molar-refractivity contribution >= 4 is 26.6 Å². The first-order chi connectivity index (χ1) is 8.54. The van der Waals surface area contributed by atoms with Crippen molar-refractivity contribution in [2.24, 2.45) is 0 Å². The molecule has 2 rings (SSSR count). The van der Waals surface area contributed by atoms with Gasteiger partial charge in [-0.2, -0.15) is 0 Å². The van der Waals surface area contributed by atoms with Crippen LogP contribution in [0.3, 0.4) is 0 Å². The maximum atomic E-state index is 2.36. The summed E-state index contributed by atoms with van der Waals surface area (Å²) in [4.78, 5) is 0. The van der Waals surface area contributed by atoms with E-state index in [1.807, 2.05) is 0 Å². The highest BCUT2D eigenvalue weighted by Crippen LogP contribution is 2.33. The molecule has 96 valence electrons. The van der Waals surface area contributed by atoms with Gasteiger partial charge in [-0.25, -0.2) is 0 Å². The van der Waals surface area contributed by atoms with E-state index in [4.69, 9.17) is 0 Å². The Hall–Kier alpha value is -0.440. The third-order valence-electron chi connectivity index (χ3n) is 2.97. The Kier molecular flexibility index (Phi) is 4.77. The second kappa shape index (κ2) is 6.14. The second-order valence-corrected chi connectivity index (χ2v) is 10.4. The number of fused-ring (bicyclic) bond motifs is 1. The molecule has 0 fully saturated rings. The molecule has 0 saturated carbocycles. The third-order valence-corrected chi connectivity index (χ3v) is 4.96. The fourth-order valence-corrected chi connectivity index (χ4v) is 4.13. The van der Waals surface area contributed by atoms with Gasteiger partial charge < -0.3 is 0 Å². The molecule has 0 radical (unpaired) electrons. The van der Waals surface area contributed by atoms with Crippen LogP contribution in [0.15, 0.2) is 36.4 Å². The van der Waals surface area contributed by atoms with Crippen LogP contribution in [0.4, 0.5) is 0 Å². The van der Waals surface area contributed by atoms with Crippen LogP contribution >= 0.6 is 15.8 Å². The Morgan fingerprint density at radius 3 is 1.39 bits per heavy atom. The standard InChI is InChI=1S/C16H22P2/c1-17(2)11-13-5-7-16-10-14(12-18(3)4)6-8-15(16)9-13/h5-10H,11-12H2,1-4H3. The molecule has 0 N–H and O–H groups in total. The average molecular weight is 276 g/mol. The van der Waals surface area contributed by atoms with Crippen molar-refractivity contribution in [3.05, 3.63) is 47.5 Å². The molecule has 0 nitrogen and oxygen atoms in total. The Bertz CT molecular complexity index is 480. The smallest absolute Gasteiger partial charge is 0.00778 e. The maximum absolute atomic E-state index is 2.36. The van der Waals surface area contributed by atoms with Crippen molar-refractivity contribution in [2.45, 2.75) is 12.3 Å². The van der Waals surface area contributed by atoms with E-state index >= 15 is 0 Å². The van der Waals surface area contributed by atoms with Crippen molar-refractivity contribution in [3.8, 4) is 0 Å². The molecule has 0 atom stereocenters. The maximum Gasteiger partial charge on any atom is -0.00778 e. The molecule has 2 heteroatoms. The Morgan fingerprint density at radius 2 is 1.06 bits per heavy atom. The summed E-state index contributed by atoms with van der Waals surface area (Å²) in [6.45, 7) is 9.36. The predicted octanol–water partition coefficient (Wildman–Crippen LogP) is 5.32. The molecule has 0 bridgehead atoms. The molecule has 2 aromatic rings. The van der Waals surface area contributed by atoms with Gasteiger partial charge in [-0.1, -0.05) is 36.4 Å². The molecule has 0 amide bonds. The summed E-state index contributed by atoms with van der Waals surface area (Å²) in [5.41, 5.74) is 2.97. The van der Waals surface area contributed by atoms with Crippen LogP contribution in [0.5, 0.6) is 0 Å². The van der Waals surface area contributed by atoms with Crippen molar-refractivity contribution in [3.63, 3.8) is 0 Å². The average Bonchev–Trinajstić information content (AvgIpc) is 2.27. The number of benzene rings is 2. The second-order valence-electron chi connectivity index (χ2n) is 5.49. The van der Waals surface area contributed by atoms with Crippen molar-refractivity contribution in [2.75, 3.05) is 26.7 Å². The Morgan fingerprint density at radius 1 is 0.667 bits per heavy atom. The van der Waals surface area contributed by atoms with Crippen LogP contribution in [0, 0.1) is 0 Å². The van der Waals surface area contributed by atoms with Gasteiger partial charge in [0.2, 0.25) is 0 Å². The fourth-order valence-electron chi connectivity index (χ4n) is 2.27. The highest BCUT2D eigenvalue weighted by Gasteiger charge is 2.02. The van der Waals surface area contributed by atoms with Crippen LogP contribution < -0.4 is 0 Å². The molecule has 0 spiro atoms. The highest BCUT2D eigenvalue weighted by atomic mass is 31.1. The largest absolute Gasteiger partial charge is 0.109 e. The molecular formula is C16H22P2. The molecule has 0 saturated heterocycles. The third kappa shape index (κ3) is 3.78. The van der Waals surface area contributed by atoms with Crippen LogP contribution in [-0.4, -0.2) is 26.7 Å². The Labute approximate surface area is 113 Å². The zero-order chi connectivity index (χ0) is 13.1. The van der Waals surface area contributed by atoms with Gasteiger partial charge >= 0.3 is 0 Å². The molecule has 0 aliphatic heterocycles. The summed E-state index contributed by atoms with van der Waals surface area (Å²) in [7, 11) is 0.305. The number of hydrogen-bond donors (Lipinski definition) is 0. The molecular weight excluding hydrogens is 254 g/mol. The van der Waals surface area contributed by atoms with E-state index in [0.29, 0.717) is 0 Å². The lowest BCUT2D eigenvalue weighted by atomic mass is 10.1. The fraction of sp³-hybridized carbons (Fsp3) is 0.375. The minimum absolute atomic E-state index is 0.153. The van der Waals surface area contributed by atoms with Gasteiger partial charge in [0.1, 0.15) is 0 Å². The van der Waals surface area contributed by atoms with Crippen LogP contribution in [0.1, 0.15) is 11.1 Å². The van der Waals surface area contributed by atoms with Gasteiger partial charge in [0.15, 0.2) is 0 Å². The first kappa shape index (κ1) is 14.0. The van der Waals surface area contributed by atoms with Gasteiger partial charge in [0.05, 0.1) is 0 Å². The molecule has 0 heterocycles. The van der Waals surface area contributed by atoms with Crippen LogP contribution in [0.25, 0.3) is 10.8 Å². The molecule has 0 aliphatic rings. The topological polar surface area (TPSA) is 0 Å². The summed E-state index contributed by atoms with van der Waals surface area (Å²) in [5, 5.41) is 2.79. The molecule has 0 unspecified atom stereocenters. The lowest BCUT2D eigenvalue weighted by Gasteiger charge is -2.09. The van der Waals surface area contributed by atoms with E-state index in [1.54, 1.807) is 0 Å². The van der Waals surface area contributed by atoms with E-state index in [1.165, 1.54) is 34.2 Å². The molecule has 2 aromatic carbocycles. The van der Waals surface area contributed by atoms with Gasteiger partial charge in [-0.05, 0) is 60.9 Å². The van der Waals surface area contributed by atoms with E-state index in [-0.39, 0.29) is 15.8 Å². The summed E-state index contributed by atoms with van der Waals surface area (Å²) >= 11 is 0. The van der Waals surface area contributed by atoms with Gasteiger partial charge in [-0.3, -0.25) is 0 Å². The van der Waals surface area contributed by atoms with Gasteiger partial charge in [-0.15, -0.1) is 15.8 Å². The normalized spacial score (nSPS) is 11.7.